The third-order valence-electron chi connectivity index (χ3n) is 3.37. The van der Waals surface area contributed by atoms with Crippen LogP contribution in [0, 0.1) is 13.8 Å². The fourth-order valence-corrected chi connectivity index (χ4v) is 2.33. The maximum absolute atomic E-state index is 13.0. The highest BCUT2D eigenvalue weighted by Crippen LogP contribution is 2.34. The minimum absolute atomic E-state index is 0.286. The summed E-state index contributed by atoms with van der Waals surface area (Å²) in [5, 5.41) is 2.28. The van der Waals surface area contributed by atoms with Crippen molar-refractivity contribution in [1.29, 1.82) is 0 Å². The summed E-state index contributed by atoms with van der Waals surface area (Å²) in [6.45, 7) is 5.28. The third-order valence-corrected chi connectivity index (χ3v) is 3.37. The Labute approximate surface area is 138 Å². The first-order valence-electron chi connectivity index (χ1n) is 7.39. The zero-order valence-electron chi connectivity index (χ0n) is 13.6. The number of anilines is 1. The minimum Gasteiger partial charge on any atom is -0.481 e. The third kappa shape index (κ3) is 4.50. The van der Waals surface area contributed by atoms with Crippen molar-refractivity contribution in [1.82, 2.24) is 0 Å². The van der Waals surface area contributed by atoms with Crippen molar-refractivity contribution in [2.75, 3.05) is 5.32 Å². The first-order chi connectivity index (χ1) is 11.2. The Balaban J connectivity index is 2.12. The predicted octanol–water partition coefficient (Wildman–Crippen LogP) is 4.73. The molecular weight excluding hydrogens is 319 g/mol. The van der Waals surface area contributed by atoms with Gasteiger partial charge in [-0.25, -0.2) is 0 Å². The number of aryl methyl sites for hydroxylation is 2. The van der Waals surface area contributed by atoms with Gasteiger partial charge in [0.1, 0.15) is 5.75 Å². The van der Waals surface area contributed by atoms with Crippen LogP contribution in [0.1, 0.15) is 23.6 Å². The highest BCUT2D eigenvalue weighted by atomic mass is 19.4. The molecule has 0 bridgehead atoms. The monoisotopic (exact) mass is 337 g/mol. The Kier molecular flexibility index (Phi) is 5.17. The van der Waals surface area contributed by atoms with Crippen molar-refractivity contribution in [3.8, 4) is 5.75 Å². The minimum atomic E-state index is -4.54. The van der Waals surface area contributed by atoms with Gasteiger partial charge in [0.05, 0.1) is 11.3 Å². The van der Waals surface area contributed by atoms with Gasteiger partial charge in [-0.3, -0.25) is 4.79 Å². The number of hydrogen-bond acceptors (Lipinski definition) is 2. The number of carbonyl (C=O) groups excluding carboxylic acids is 1. The van der Waals surface area contributed by atoms with Gasteiger partial charge in [-0.15, -0.1) is 0 Å². The molecule has 0 aromatic heterocycles. The van der Waals surface area contributed by atoms with Gasteiger partial charge >= 0.3 is 6.18 Å². The summed E-state index contributed by atoms with van der Waals surface area (Å²) >= 11 is 0. The van der Waals surface area contributed by atoms with Crippen molar-refractivity contribution < 1.29 is 22.7 Å². The molecule has 1 atom stereocenters. The summed E-state index contributed by atoms with van der Waals surface area (Å²) < 4.78 is 44.4. The fourth-order valence-electron chi connectivity index (χ4n) is 2.33. The number of alkyl halides is 3. The number of nitrogens with one attached hydrogen (secondary N) is 1. The maximum Gasteiger partial charge on any atom is 0.418 e. The lowest BCUT2D eigenvalue weighted by molar-refractivity contribution is -0.137. The molecule has 2 aromatic rings. The van der Waals surface area contributed by atoms with E-state index in [1.807, 2.05) is 19.9 Å². The number of ether oxygens (including phenoxy) is 1. The molecule has 0 saturated carbocycles. The molecular formula is C18H18F3NO2. The van der Waals surface area contributed by atoms with E-state index >= 15 is 0 Å². The molecule has 0 spiro atoms. The van der Waals surface area contributed by atoms with E-state index in [0.717, 1.165) is 17.2 Å². The zero-order valence-corrected chi connectivity index (χ0v) is 13.6. The molecule has 1 unspecified atom stereocenters. The highest BCUT2D eigenvalue weighted by molar-refractivity contribution is 5.94. The Morgan fingerprint density at radius 3 is 2.25 bits per heavy atom. The first kappa shape index (κ1) is 17.8. The molecule has 0 radical (unpaired) electrons. The molecule has 0 aliphatic rings. The second kappa shape index (κ2) is 6.95. The van der Waals surface area contributed by atoms with Crippen LogP contribution in [0.3, 0.4) is 0 Å². The van der Waals surface area contributed by atoms with Crippen LogP contribution in [0.25, 0.3) is 0 Å². The second-order valence-corrected chi connectivity index (χ2v) is 5.62. The summed E-state index contributed by atoms with van der Waals surface area (Å²) in [7, 11) is 0. The Morgan fingerprint density at radius 1 is 1.08 bits per heavy atom. The molecule has 0 fully saturated rings. The van der Waals surface area contributed by atoms with Crippen LogP contribution in [0.15, 0.2) is 42.5 Å². The van der Waals surface area contributed by atoms with E-state index in [9.17, 15) is 18.0 Å². The van der Waals surface area contributed by atoms with Crippen molar-refractivity contribution in [3.05, 3.63) is 59.2 Å². The van der Waals surface area contributed by atoms with Crippen molar-refractivity contribution in [2.45, 2.75) is 33.1 Å². The average molecular weight is 337 g/mol. The van der Waals surface area contributed by atoms with Gasteiger partial charge in [-0.1, -0.05) is 18.2 Å². The van der Waals surface area contributed by atoms with Gasteiger partial charge in [0.2, 0.25) is 0 Å². The molecule has 0 saturated heterocycles. The Hall–Kier alpha value is -2.50. The second-order valence-electron chi connectivity index (χ2n) is 5.62. The van der Waals surface area contributed by atoms with Gasteiger partial charge in [0.15, 0.2) is 6.10 Å². The molecule has 3 nitrogen and oxygen atoms in total. The average Bonchev–Trinajstić information content (AvgIpc) is 2.45. The van der Waals surface area contributed by atoms with Gasteiger partial charge in [-0.05, 0) is 56.2 Å². The largest absolute Gasteiger partial charge is 0.481 e. The number of carbonyl (C=O) groups is 1. The van der Waals surface area contributed by atoms with Crippen LogP contribution < -0.4 is 10.1 Å². The van der Waals surface area contributed by atoms with E-state index in [1.54, 1.807) is 12.1 Å². The molecule has 0 heterocycles. The highest BCUT2D eigenvalue weighted by Gasteiger charge is 2.34. The molecule has 24 heavy (non-hydrogen) atoms. The molecule has 128 valence electrons. The standard InChI is InChI=1S/C18H18F3NO2/c1-11-8-12(2)10-14(9-11)24-13(3)17(23)22-16-7-5-4-6-15(16)18(19,20)21/h4-10,13H,1-3H3,(H,22,23). The van der Waals surface area contributed by atoms with Crippen LogP contribution in [0.5, 0.6) is 5.75 Å². The maximum atomic E-state index is 13.0. The van der Waals surface area contributed by atoms with Gasteiger partial charge < -0.3 is 10.1 Å². The summed E-state index contributed by atoms with van der Waals surface area (Å²) in [5.74, 6) is -0.148. The lowest BCUT2D eigenvalue weighted by Crippen LogP contribution is -2.31. The van der Waals surface area contributed by atoms with Crippen molar-refractivity contribution >= 4 is 11.6 Å². The number of benzene rings is 2. The number of halogens is 3. The summed E-state index contributed by atoms with van der Waals surface area (Å²) in [6, 6.07) is 10.3. The number of hydrogen-bond donors (Lipinski definition) is 1. The number of amides is 1. The molecule has 2 rings (SSSR count). The SMILES string of the molecule is Cc1cc(C)cc(OC(C)C(=O)Nc2ccccc2C(F)(F)F)c1. The molecule has 2 aromatic carbocycles. The van der Waals surface area contributed by atoms with E-state index in [0.29, 0.717) is 5.75 Å². The summed E-state index contributed by atoms with van der Waals surface area (Å²) in [5.41, 5.74) is 0.767. The quantitative estimate of drug-likeness (QED) is 0.876. The van der Waals surface area contributed by atoms with E-state index in [4.69, 9.17) is 4.74 Å². The summed E-state index contributed by atoms with van der Waals surface area (Å²) in [6.07, 6.45) is -5.48. The van der Waals surface area contributed by atoms with E-state index < -0.39 is 23.8 Å². The Morgan fingerprint density at radius 2 is 1.67 bits per heavy atom. The Bertz CT molecular complexity index is 721. The zero-order chi connectivity index (χ0) is 17.9. The number of para-hydroxylation sites is 1. The normalized spacial score (nSPS) is 12.6. The van der Waals surface area contributed by atoms with Crippen LogP contribution >= 0.6 is 0 Å². The van der Waals surface area contributed by atoms with Crippen LogP contribution in [0.2, 0.25) is 0 Å². The van der Waals surface area contributed by atoms with Gasteiger partial charge in [0, 0.05) is 0 Å². The molecule has 0 aliphatic heterocycles. The molecule has 1 N–H and O–H groups in total. The topological polar surface area (TPSA) is 38.3 Å². The van der Waals surface area contributed by atoms with E-state index in [-0.39, 0.29) is 5.69 Å². The molecule has 6 heteroatoms. The predicted molar refractivity (Wildman–Crippen MR) is 86.1 cm³/mol. The number of rotatable bonds is 4. The van der Waals surface area contributed by atoms with Crippen LogP contribution in [-0.4, -0.2) is 12.0 Å². The van der Waals surface area contributed by atoms with Crippen LogP contribution in [0.4, 0.5) is 18.9 Å². The lowest BCUT2D eigenvalue weighted by atomic mass is 10.1. The summed E-state index contributed by atoms with van der Waals surface area (Å²) in [4.78, 5) is 12.2. The van der Waals surface area contributed by atoms with Gasteiger partial charge in [-0.2, -0.15) is 13.2 Å². The fraction of sp³-hybridized carbons (Fsp3) is 0.278. The lowest BCUT2D eigenvalue weighted by Gasteiger charge is -2.18. The van der Waals surface area contributed by atoms with Crippen molar-refractivity contribution in [3.63, 3.8) is 0 Å². The first-order valence-corrected chi connectivity index (χ1v) is 7.39. The van der Waals surface area contributed by atoms with Gasteiger partial charge in [0.25, 0.3) is 5.91 Å². The smallest absolute Gasteiger partial charge is 0.418 e. The van der Waals surface area contributed by atoms with E-state index in [2.05, 4.69) is 5.32 Å². The van der Waals surface area contributed by atoms with E-state index in [1.165, 1.54) is 25.1 Å². The molecule has 1 amide bonds. The van der Waals surface area contributed by atoms with Crippen molar-refractivity contribution in [2.24, 2.45) is 0 Å². The van der Waals surface area contributed by atoms with Crippen LogP contribution in [-0.2, 0) is 11.0 Å². The molecule has 0 aliphatic carbocycles.